The van der Waals surface area contributed by atoms with E-state index in [9.17, 15) is 14.7 Å². The zero-order valence-corrected chi connectivity index (χ0v) is 19.7. The van der Waals surface area contributed by atoms with Crippen LogP contribution in [0.15, 0.2) is 72.8 Å². The Labute approximate surface area is 199 Å². The highest BCUT2D eigenvalue weighted by molar-refractivity contribution is 5.93. The van der Waals surface area contributed by atoms with E-state index in [-0.39, 0.29) is 17.0 Å². The molecule has 0 aliphatic heterocycles. The average Bonchev–Trinajstić information content (AvgIpc) is 2.83. The van der Waals surface area contributed by atoms with Gasteiger partial charge in [-0.25, -0.2) is 9.59 Å². The Hall–Kier alpha value is -3.68. The number of carbonyl (C=O) groups is 2. The molecule has 2 N–H and O–H groups in total. The molecule has 178 valence electrons. The van der Waals surface area contributed by atoms with Crippen LogP contribution in [-0.2, 0) is 0 Å². The standard InChI is InChI=1S/C27H29NO6/c1-27(2,3)28-17-22(29)20-12-15-23(33-26(31)19-10-13-21(32-4)14-11-19)24(16-20)34-25(30)18-8-6-5-7-9-18/h5-16,22,28-29H,17H2,1-4H3. The summed E-state index contributed by atoms with van der Waals surface area (Å²) in [5, 5.41) is 13.9. The van der Waals surface area contributed by atoms with E-state index in [4.69, 9.17) is 14.2 Å². The summed E-state index contributed by atoms with van der Waals surface area (Å²) < 4.78 is 16.2. The highest BCUT2D eigenvalue weighted by Crippen LogP contribution is 2.32. The molecule has 0 saturated carbocycles. The number of nitrogens with one attached hydrogen (secondary N) is 1. The van der Waals surface area contributed by atoms with Crippen LogP contribution in [0, 0.1) is 0 Å². The van der Waals surface area contributed by atoms with Crippen LogP contribution in [0.25, 0.3) is 0 Å². The Balaban J connectivity index is 1.87. The van der Waals surface area contributed by atoms with E-state index in [1.165, 1.54) is 19.2 Å². The highest BCUT2D eigenvalue weighted by atomic mass is 16.6. The molecule has 3 aromatic carbocycles. The van der Waals surface area contributed by atoms with Gasteiger partial charge in [0.2, 0.25) is 0 Å². The Morgan fingerprint density at radius 3 is 2.03 bits per heavy atom. The van der Waals surface area contributed by atoms with Gasteiger partial charge in [-0.3, -0.25) is 0 Å². The summed E-state index contributed by atoms with van der Waals surface area (Å²) in [4.78, 5) is 25.4. The number of carbonyl (C=O) groups excluding carboxylic acids is 2. The third-order valence-corrected chi connectivity index (χ3v) is 4.92. The Morgan fingerprint density at radius 2 is 1.44 bits per heavy atom. The number of esters is 2. The van der Waals surface area contributed by atoms with Crippen molar-refractivity contribution in [2.45, 2.75) is 32.4 Å². The minimum Gasteiger partial charge on any atom is -0.497 e. The highest BCUT2D eigenvalue weighted by Gasteiger charge is 2.20. The minimum atomic E-state index is -0.861. The predicted octanol–water partition coefficient (Wildman–Crippen LogP) is 4.56. The molecule has 0 aliphatic carbocycles. The van der Waals surface area contributed by atoms with Crippen LogP contribution in [-0.4, -0.2) is 36.2 Å². The van der Waals surface area contributed by atoms with E-state index in [2.05, 4.69) is 5.32 Å². The lowest BCUT2D eigenvalue weighted by molar-refractivity contribution is 0.0681. The van der Waals surface area contributed by atoms with Crippen molar-refractivity contribution in [3.05, 3.63) is 89.5 Å². The largest absolute Gasteiger partial charge is 0.497 e. The number of aliphatic hydroxyl groups excluding tert-OH is 1. The van der Waals surface area contributed by atoms with Crippen molar-refractivity contribution >= 4 is 11.9 Å². The fourth-order valence-corrected chi connectivity index (χ4v) is 3.04. The molecule has 34 heavy (non-hydrogen) atoms. The van der Waals surface area contributed by atoms with Crippen molar-refractivity contribution in [2.75, 3.05) is 13.7 Å². The lowest BCUT2D eigenvalue weighted by Crippen LogP contribution is -2.38. The number of β-amino-alcohol motifs (C(OH)–C–C–N with tert-alkyl or cyclic N) is 1. The number of benzene rings is 3. The van der Waals surface area contributed by atoms with E-state index in [1.54, 1.807) is 60.7 Å². The number of rotatable bonds is 8. The van der Waals surface area contributed by atoms with Gasteiger partial charge in [0.15, 0.2) is 11.5 Å². The molecule has 7 heteroatoms. The molecule has 1 unspecified atom stereocenters. The van der Waals surface area contributed by atoms with Gasteiger partial charge in [0.05, 0.1) is 24.3 Å². The molecule has 1 atom stereocenters. The zero-order chi connectivity index (χ0) is 24.7. The first-order valence-corrected chi connectivity index (χ1v) is 10.9. The van der Waals surface area contributed by atoms with Gasteiger partial charge in [-0.05, 0) is 74.9 Å². The summed E-state index contributed by atoms with van der Waals surface area (Å²) in [6.45, 7) is 6.28. The van der Waals surface area contributed by atoms with Crippen LogP contribution in [0.5, 0.6) is 17.2 Å². The summed E-state index contributed by atoms with van der Waals surface area (Å²) >= 11 is 0. The fraction of sp³-hybridized carbons (Fsp3) is 0.259. The molecule has 3 rings (SSSR count). The van der Waals surface area contributed by atoms with Gasteiger partial charge in [0.1, 0.15) is 5.75 Å². The second kappa shape index (κ2) is 11.0. The average molecular weight is 464 g/mol. The minimum absolute atomic E-state index is 0.0306. The first-order chi connectivity index (χ1) is 16.2. The molecule has 0 amide bonds. The Kier molecular flexibility index (Phi) is 8.04. The summed E-state index contributed by atoms with van der Waals surface area (Å²) in [6, 6.07) is 19.6. The van der Waals surface area contributed by atoms with Crippen molar-refractivity contribution in [3.8, 4) is 17.2 Å². The maximum absolute atomic E-state index is 12.7. The van der Waals surface area contributed by atoms with Crippen LogP contribution in [0.3, 0.4) is 0 Å². The zero-order valence-electron chi connectivity index (χ0n) is 19.7. The van der Waals surface area contributed by atoms with Gasteiger partial charge in [-0.2, -0.15) is 0 Å². The topological polar surface area (TPSA) is 94.1 Å². The Bertz CT molecular complexity index is 1120. The molecule has 0 heterocycles. The monoisotopic (exact) mass is 463 g/mol. The van der Waals surface area contributed by atoms with Crippen LogP contribution in [0.4, 0.5) is 0 Å². The number of ether oxygens (including phenoxy) is 3. The third kappa shape index (κ3) is 6.91. The van der Waals surface area contributed by atoms with Crippen LogP contribution >= 0.6 is 0 Å². The van der Waals surface area contributed by atoms with Gasteiger partial charge >= 0.3 is 11.9 Å². The van der Waals surface area contributed by atoms with Crippen LogP contribution in [0.2, 0.25) is 0 Å². The lowest BCUT2D eigenvalue weighted by atomic mass is 10.1. The van der Waals surface area contributed by atoms with Gasteiger partial charge in [0, 0.05) is 12.1 Å². The second-order valence-corrected chi connectivity index (χ2v) is 8.73. The third-order valence-electron chi connectivity index (χ3n) is 4.92. The molecule has 0 aromatic heterocycles. The maximum Gasteiger partial charge on any atom is 0.343 e. The summed E-state index contributed by atoms with van der Waals surface area (Å²) in [7, 11) is 1.54. The van der Waals surface area contributed by atoms with Gasteiger partial charge in [-0.1, -0.05) is 24.3 Å². The number of methoxy groups -OCH3 is 1. The molecule has 0 saturated heterocycles. The van der Waals surface area contributed by atoms with Crippen LogP contribution < -0.4 is 19.5 Å². The number of aliphatic hydroxyl groups is 1. The van der Waals surface area contributed by atoms with Crippen LogP contribution in [0.1, 0.15) is 53.2 Å². The molecular weight excluding hydrogens is 434 g/mol. The summed E-state index contributed by atoms with van der Waals surface area (Å²) in [5.41, 5.74) is 0.976. The van der Waals surface area contributed by atoms with Crippen molar-refractivity contribution in [1.29, 1.82) is 0 Å². The smallest absolute Gasteiger partial charge is 0.343 e. The summed E-state index contributed by atoms with van der Waals surface area (Å²) in [5.74, 6) is -0.534. The number of hydrogen-bond donors (Lipinski definition) is 2. The normalized spacial score (nSPS) is 12.0. The summed E-state index contributed by atoms with van der Waals surface area (Å²) in [6.07, 6.45) is -0.861. The first-order valence-electron chi connectivity index (χ1n) is 10.9. The molecule has 0 aliphatic rings. The molecule has 0 bridgehead atoms. The predicted molar refractivity (Wildman–Crippen MR) is 129 cm³/mol. The van der Waals surface area contributed by atoms with E-state index in [1.807, 2.05) is 20.8 Å². The molecule has 0 spiro atoms. The molecule has 0 radical (unpaired) electrons. The van der Waals surface area contributed by atoms with E-state index < -0.39 is 18.0 Å². The molecule has 7 nitrogen and oxygen atoms in total. The maximum atomic E-state index is 12.7. The van der Waals surface area contributed by atoms with E-state index in [0.717, 1.165) is 0 Å². The van der Waals surface area contributed by atoms with Gasteiger partial charge in [0.25, 0.3) is 0 Å². The molecular formula is C27H29NO6. The SMILES string of the molecule is COc1ccc(C(=O)Oc2ccc(C(O)CNC(C)(C)C)cc2OC(=O)c2ccccc2)cc1. The molecule has 3 aromatic rings. The lowest BCUT2D eigenvalue weighted by Gasteiger charge is -2.23. The van der Waals surface area contributed by atoms with E-state index >= 15 is 0 Å². The quantitative estimate of drug-likeness (QED) is 0.374. The van der Waals surface area contributed by atoms with Crippen molar-refractivity contribution in [3.63, 3.8) is 0 Å². The molecule has 0 fully saturated rings. The first kappa shape index (κ1) is 25.0. The Morgan fingerprint density at radius 1 is 0.853 bits per heavy atom. The fourth-order valence-electron chi connectivity index (χ4n) is 3.04. The van der Waals surface area contributed by atoms with Crippen molar-refractivity contribution < 1.29 is 28.9 Å². The van der Waals surface area contributed by atoms with Gasteiger partial charge < -0.3 is 24.6 Å². The second-order valence-electron chi connectivity index (χ2n) is 8.73. The van der Waals surface area contributed by atoms with Gasteiger partial charge in [-0.15, -0.1) is 0 Å². The van der Waals surface area contributed by atoms with E-state index in [0.29, 0.717) is 29.0 Å². The van der Waals surface area contributed by atoms with Crippen molar-refractivity contribution in [1.82, 2.24) is 5.32 Å². The number of hydrogen-bond acceptors (Lipinski definition) is 7. The van der Waals surface area contributed by atoms with Crippen molar-refractivity contribution in [2.24, 2.45) is 0 Å².